The number of aromatic nitrogens is 3. The Morgan fingerprint density at radius 1 is 1.21 bits per heavy atom. The van der Waals surface area contributed by atoms with Crippen LogP contribution in [-0.2, 0) is 4.79 Å². The maximum absolute atomic E-state index is 13.0. The number of hydrogen-bond donors (Lipinski definition) is 0. The van der Waals surface area contributed by atoms with Gasteiger partial charge < -0.3 is 9.64 Å². The largest absolute Gasteiger partial charge is 0.484 e. The number of rotatable bonds is 5. The molecule has 2 aromatic heterocycles. The van der Waals surface area contributed by atoms with Gasteiger partial charge in [-0.05, 0) is 49.2 Å². The Morgan fingerprint density at radius 3 is 2.86 bits per heavy atom. The van der Waals surface area contributed by atoms with Crippen molar-refractivity contribution in [2.24, 2.45) is 0 Å². The van der Waals surface area contributed by atoms with Crippen molar-refractivity contribution in [3.8, 4) is 11.6 Å². The van der Waals surface area contributed by atoms with E-state index >= 15 is 0 Å². The summed E-state index contributed by atoms with van der Waals surface area (Å²) < 4.78 is 20.3. The highest BCUT2D eigenvalue weighted by Gasteiger charge is 2.26. The number of benzene rings is 1. The molecule has 0 N–H and O–H groups in total. The third kappa shape index (κ3) is 4.19. The minimum Gasteiger partial charge on any atom is -0.484 e. The van der Waals surface area contributed by atoms with Crippen molar-refractivity contribution in [3.05, 3.63) is 72.7 Å². The van der Waals surface area contributed by atoms with Crippen LogP contribution in [0.25, 0.3) is 5.82 Å². The summed E-state index contributed by atoms with van der Waals surface area (Å²) in [5, 5.41) is 0. The summed E-state index contributed by atoms with van der Waals surface area (Å²) in [4.78, 5) is 23.2. The Bertz CT molecular complexity index is 928. The fourth-order valence-electron chi connectivity index (χ4n) is 3.42. The number of imidazole rings is 1. The van der Waals surface area contributed by atoms with Gasteiger partial charge in [0.25, 0.3) is 5.91 Å². The van der Waals surface area contributed by atoms with Gasteiger partial charge in [0, 0.05) is 37.1 Å². The molecule has 0 saturated carbocycles. The summed E-state index contributed by atoms with van der Waals surface area (Å²) in [5.41, 5.74) is 0.975. The molecule has 0 spiro atoms. The molecule has 1 aliphatic rings. The molecule has 1 aliphatic heterocycles. The Hall–Kier alpha value is -3.22. The molecule has 6 nitrogen and oxygen atoms in total. The lowest BCUT2D eigenvalue weighted by Gasteiger charge is -2.32. The number of hydrogen-bond acceptors (Lipinski definition) is 4. The van der Waals surface area contributed by atoms with Crippen LogP contribution in [0.3, 0.4) is 0 Å². The molecular formula is C21H21FN4O2. The highest BCUT2D eigenvalue weighted by atomic mass is 19.1. The molecule has 0 bridgehead atoms. The predicted molar refractivity (Wildman–Crippen MR) is 102 cm³/mol. The Kier molecular flexibility index (Phi) is 5.32. The monoisotopic (exact) mass is 380 g/mol. The van der Waals surface area contributed by atoms with E-state index in [2.05, 4.69) is 4.98 Å². The number of piperidine rings is 1. The molecule has 3 aromatic rings. The molecule has 1 amide bonds. The standard InChI is InChI=1S/C21H21FN4O2/c22-17-6-8-18(9-7-17)28-14-21(27)25-11-2-3-16(13-25)19-4-1-5-20(24-19)26-12-10-23-15-26/h1,4-10,12,15-16H,2-3,11,13-14H2/t16-/m0/s1. The molecule has 0 radical (unpaired) electrons. The van der Waals surface area contributed by atoms with Gasteiger partial charge in [-0.3, -0.25) is 9.36 Å². The highest BCUT2D eigenvalue weighted by molar-refractivity contribution is 5.78. The molecule has 144 valence electrons. The summed E-state index contributed by atoms with van der Waals surface area (Å²) in [6.07, 6.45) is 7.20. The second kappa shape index (κ2) is 8.21. The number of ether oxygens (including phenoxy) is 1. The molecule has 3 heterocycles. The molecule has 1 atom stereocenters. The van der Waals surface area contributed by atoms with E-state index in [4.69, 9.17) is 9.72 Å². The first-order valence-corrected chi connectivity index (χ1v) is 9.30. The molecule has 7 heteroatoms. The normalized spacial score (nSPS) is 16.8. The van der Waals surface area contributed by atoms with E-state index in [-0.39, 0.29) is 24.2 Å². The zero-order valence-electron chi connectivity index (χ0n) is 15.4. The quantitative estimate of drug-likeness (QED) is 0.682. The van der Waals surface area contributed by atoms with Gasteiger partial charge in [0.1, 0.15) is 23.7 Å². The summed E-state index contributed by atoms with van der Waals surface area (Å²) in [5.74, 6) is 1.09. The van der Waals surface area contributed by atoms with Gasteiger partial charge in [-0.15, -0.1) is 0 Å². The van der Waals surface area contributed by atoms with Crippen molar-refractivity contribution in [1.29, 1.82) is 0 Å². The second-order valence-electron chi connectivity index (χ2n) is 6.81. The average Bonchev–Trinajstić information content (AvgIpc) is 3.28. The molecular weight excluding hydrogens is 359 g/mol. The van der Waals surface area contributed by atoms with E-state index in [0.29, 0.717) is 18.8 Å². The van der Waals surface area contributed by atoms with Crippen molar-refractivity contribution < 1.29 is 13.9 Å². The van der Waals surface area contributed by atoms with Gasteiger partial charge >= 0.3 is 0 Å². The Balaban J connectivity index is 1.39. The highest BCUT2D eigenvalue weighted by Crippen LogP contribution is 2.26. The number of halogens is 1. The van der Waals surface area contributed by atoms with Crippen molar-refractivity contribution in [1.82, 2.24) is 19.4 Å². The second-order valence-corrected chi connectivity index (χ2v) is 6.81. The zero-order chi connectivity index (χ0) is 19.3. The van der Waals surface area contributed by atoms with Gasteiger partial charge in [0.2, 0.25) is 0 Å². The maximum atomic E-state index is 13.0. The van der Waals surface area contributed by atoms with Gasteiger partial charge in [-0.1, -0.05) is 6.07 Å². The van der Waals surface area contributed by atoms with Crippen LogP contribution in [0.2, 0.25) is 0 Å². The summed E-state index contributed by atoms with van der Waals surface area (Å²) >= 11 is 0. The van der Waals surface area contributed by atoms with E-state index in [1.165, 1.54) is 24.3 Å². The fraction of sp³-hybridized carbons (Fsp3) is 0.286. The molecule has 28 heavy (non-hydrogen) atoms. The number of pyridine rings is 1. The Labute approximate surface area is 162 Å². The molecule has 0 aliphatic carbocycles. The summed E-state index contributed by atoms with van der Waals surface area (Å²) in [6, 6.07) is 11.6. The van der Waals surface area contributed by atoms with E-state index in [1.54, 1.807) is 12.5 Å². The molecule has 1 fully saturated rings. The summed E-state index contributed by atoms with van der Waals surface area (Å²) in [6.45, 7) is 1.27. The molecule has 4 rings (SSSR count). The van der Waals surface area contributed by atoms with E-state index in [1.807, 2.05) is 33.9 Å². The van der Waals surface area contributed by atoms with Crippen molar-refractivity contribution in [2.75, 3.05) is 19.7 Å². The van der Waals surface area contributed by atoms with E-state index < -0.39 is 0 Å². The van der Waals surface area contributed by atoms with Crippen molar-refractivity contribution in [2.45, 2.75) is 18.8 Å². The number of nitrogens with zero attached hydrogens (tertiary/aromatic N) is 4. The number of carbonyl (C=O) groups is 1. The van der Waals surface area contributed by atoms with Crippen LogP contribution in [0.1, 0.15) is 24.5 Å². The van der Waals surface area contributed by atoms with E-state index in [0.717, 1.165) is 24.4 Å². The zero-order valence-corrected chi connectivity index (χ0v) is 15.4. The van der Waals surface area contributed by atoms with Crippen LogP contribution in [-0.4, -0.2) is 45.0 Å². The van der Waals surface area contributed by atoms with Gasteiger partial charge in [0.15, 0.2) is 6.61 Å². The van der Waals surface area contributed by atoms with Crippen LogP contribution in [0, 0.1) is 5.82 Å². The number of amides is 1. The topological polar surface area (TPSA) is 60.2 Å². The molecule has 1 aromatic carbocycles. The third-order valence-corrected chi connectivity index (χ3v) is 4.89. The first-order valence-electron chi connectivity index (χ1n) is 9.30. The van der Waals surface area contributed by atoms with Crippen LogP contribution >= 0.6 is 0 Å². The lowest BCUT2D eigenvalue weighted by molar-refractivity contribution is -0.134. The number of carbonyl (C=O) groups excluding carboxylic acids is 1. The average molecular weight is 380 g/mol. The maximum Gasteiger partial charge on any atom is 0.260 e. The first kappa shape index (κ1) is 18.2. The minimum absolute atomic E-state index is 0.0547. The van der Waals surface area contributed by atoms with Gasteiger partial charge in [0.05, 0.1) is 0 Å². The Morgan fingerprint density at radius 2 is 2.07 bits per heavy atom. The number of likely N-dealkylation sites (tertiary alicyclic amines) is 1. The van der Waals surface area contributed by atoms with Crippen molar-refractivity contribution in [3.63, 3.8) is 0 Å². The van der Waals surface area contributed by atoms with Gasteiger partial charge in [-0.25, -0.2) is 14.4 Å². The minimum atomic E-state index is -0.331. The lowest BCUT2D eigenvalue weighted by Crippen LogP contribution is -2.41. The smallest absolute Gasteiger partial charge is 0.260 e. The first-order chi connectivity index (χ1) is 13.7. The lowest BCUT2D eigenvalue weighted by atomic mass is 9.94. The van der Waals surface area contributed by atoms with Gasteiger partial charge in [-0.2, -0.15) is 0 Å². The van der Waals surface area contributed by atoms with Crippen LogP contribution in [0.15, 0.2) is 61.2 Å². The van der Waals surface area contributed by atoms with Crippen LogP contribution in [0.5, 0.6) is 5.75 Å². The predicted octanol–water partition coefficient (Wildman–Crippen LogP) is 3.19. The van der Waals surface area contributed by atoms with E-state index in [9.17, 15) is 9.18 Å². The van der Waals surface area contributed by atoms with Crippen molar-refractivity contribution >= 4 is 5.91 Å². The molecule has 1 saturated heterocycles. The SMILES string of the molecule is O=C(COc1ccc(F)cc1)N1CCC[C@H](c2cccc(-n3ccnc3)n2)C1. The third-order valence-electron chi connectivity index (χ3n) is 4.89. The fourth-order valence-corrected chi connectivity index (χ4v) is 3.42. The molecule has 0 unspecified atom stereocenters. The van der Waals surface area contributed by atoms with Crippen LogP contribution in [0.4, 0.5) is 4.39 Å². The summed E-state index contributed by atoms with van der Waals surface area (Å²) in [7, 11) is 0. The van der Waals surface area contributed by atoms with Crippen LogP contribution < -0.4 is 4.74 Å².